The molecule has 0 radical (unpaired) electrons. The van der Waals surface area contributed by atoms with Crippen molar-refractivity contribution >= 4 is 0 Å². The van der Waals surface area contributed by atoms with E-state index in [9.17, 15) is 0 Å². The summed E-state index contributed by atoms with van der Waals surface area (Å²) in [4.78, 5) is 0. The van der Waals surface area contributed by atoms with Crippen LogP contribution in [0.15, 0.2) is 12.1 Å². The van der Waals surface area contributed by atoms with Gasteiger partial charge in [-0.25, -0.2) is 0 Å². The summed E-state index contributed by atoms with van der Waals surface area (Å²) < 4.78 is 21.0. The van der Waals surface area contributed by atoms with Crippen molar-refractivity contribution in [2.24, 2.45) is 5.73 Å². The molecule has 2 N–H and O–H groups in total. The van der Waals surface area contributed by atoms with Crippen LogP contribution in [0.5, 0.6) is 17.2 Å². The Balaban J connectivity index is 3.33. The third-order valence-electron chi connectivity index (χ3n) is 2.77. The van der Waals surface area contributed by atoms with E-state index in [0.29, 0.717) is 23.9 Å². The second-order valence-electron chi connectivity index (χ2n) is 4.26. The van der Waals surface area contributed by atoms with Crippen LogP contribution >= 0.6 is 0 Å². The molecular weight excluding hydrogens is 234 g/mol. The Hall–Kier alpha value is -1.46. The molecular formula is C13H21NO4. The summed E-state index contributed by atoms with van der Waals surface area (Å²) in [5, 5.41) is 0. The number of benzene rings is 1. The van der Waals surface area contributed by atoms with E-state index in [2.05, 4.69) is 0 Å². The van der Waals surface area contributed by atoms with Crippen LogP contribution in [-0.2, 0) is 10.3 Å². The first-order valence-electron chi connectivity index (χ1n) is 5.58. The fourth-order valence-electron chi connectivity index (χ4n) is 1.85. The van der Waals surface area contributed by atoms with Crippen LogP contribution in [0.1, 0.15) is 12.5 Å². The maximum absolute atomic E-state index is 6.24. The zero-order valence-corrected chi connectivity index (χ0v) is 11.6. The van der Waals surface area contributed by atoms with Crippen molar-refractivity contribution in [2.75, 3.05) is 35.0 Å². The van der Waals surface area contributed by atoms with E-state index in [0.717, 1.165) is 5.56 Å². The molecule has 1 aromatic rings. The minimum atomic E-state index is -0.667. The Labute approximate surface area is 108 Å². The highest BCUT2D eigenvalue weighted by Crippen LogP contribution is 2.38. The number of ether oxygens (including phenoxy) is 4. The summed E-state index contributed by atoms with van der Waals surface area (Å²) in [6, 6.07) is 3.58. The molecule has 1 rings (SSSR count). The average molecular weight is 255 g/mol. The zero-order chi connectivity index (χ0) is 13.8. The third kappa shape index (κ3) is 2.86. The van der Waals surface area contributed by atoms with Gasteiger partial charge in [0, 0.05) is 18.7 Å². The Kier molecular flexibility index (Phi) is 4.81. The van der Waals surface area contributed by atoms with Crippen molar-refractivity contribution in [3.63, 3.8) is 0 Å². The van der Waals surface area contributed by atoms with Crippen molar-refractivity contribution in [1.82, 2.24) is 0 Å². The summed E-state index contributed by atoms with van der Waals surface area (Å²) in [5.41, 5.74) is 6.38. The van der Waals surface area contributed by atoms with Crippen molar-refractivity contribution in [3.8, 4) is 17.2 Å². The lowest BCUT2D eigenvalue weighted by Gasteiger charge is -2.27. The molecule has 18 heavy (non-hydrogen) atoms. The molecule has 1 aromatic carbocycles. The standard InChI is InChI=1S/C13H21NO4/c1-13(14,8-15-2)9-6-11(17-4)12(18-5)7-10(9)16-3/h6-7H,8,14H2,1-5H3. The molecule has 0 spiro atoms. The smallest absolute Gasteiger partial charge is 0.164 e. The van der Waals surface area contributed by atoms with Crippen LogP contribution in [0.2, 0.25) is 0 Å². The van der Waals surface area contributed by atoms with E-state index in [1.165, 1.54) is 0 Å². The summed E-state index contributed by atoms with van der Waals surface area (Å²) in [5.74, 6) is 1.86. The molecule has 0 aliphatic carbocycles. The van der Waals surface area contributed by atoms with Crippen molar-refractivity contribution < 1.29 is 18.9 Å². The van der Waals surface area contributed by atoms with Crippen molar-refractivity contribution in [3.05, 3.63) is 17.7 Å². The highest BCUT2D eigenvalue weighted by molar-refractivity contribution is 5.53. The SMILES string of the molecule is COCC(C)(N)c1cc(OC)c(OC)cc1OC. The van der Waals surface area contributed by atoms with E-state index >= 15 is 0 Å². The van der Waals surface area contributed by atoms with E-state index in [1.807, 2.05) is 13.0 Å². The maximum atomic E-state index is 6.24. The lowest BCUT2D eigenvalue weighted by atomic mass is 9.92. The topological polar surface area (TPSA) is 62.9 Å². The first-order valence-corrected chi connectivity index (χ1v) is 5.58. The normalized spacial score (nSPS) is 13.9. The number of hydrogen-bond acceptors (Lipinski definition) is 5. The Morgan fingerprint density at radius 2 is 1.44 bits per heavy atom. The van der Waals surface area contributed by atoms with Gasteiger partial charge in [0.05, 0.1) is 33.5 Å². The second kappa shape index (κ2) is 5.93. The van der Waals surface area contributed by atoms with Gasteiger partial charge < -0.3 is 24.7 Å². The first-order chi connectivity index (χ1) is 8.50. The Morgan fingerprint density at radius 1 is 0.944 bits per heavy atom. The van der Waals surface area contributed by atoms with Gasteiger partial charge in [0.25, 0.3) is 0 Å². The molecule has 1 unspecified atom stereocenters. The fraction of sp³-hybridized carbons (Fsp3) is 0.538. The third-order valence-corrected chi connectivity index (χ3v) is 2.77. The highest BCUT2D eigenvalue weighted by Gasteiger charge is 2.27. The number of nitrogens with two attached hydrogens (primary N) is 1. The summed E-state index contributed by atoms with van der Waals surface area (Å²) in [6.45, 7) is 2.25. The Morgan fingerprint density at radius 3 is 1.89 bits per heavy atom. The summed E-state index contributed by atoms with van der Waals surface area (Å²) >= 11 is 0. The van der Waals surface area contributed by atoms with E-state index in [4.69, 9.17) is 24.7 Å². The summed E-state index contributed by atoms with van der Waals surface area (Å²) in [7, 11) is 6.36. The van der Waals surface area contributed by atoms with Crippen LogP contribution in [0.4, 0.5) is 0 Å². The molecule has 0 aliphatic heterocycles. The lowest BCUT2D eigenvalue weighted by molar-refractivity contribution is 0.139. The zero-order valence-electron chi connectivity index (χ0n) is 11.6. The molecule has 0 aromatic heterocycles. The molecule has 5 heteroatoms. The Bertz CT molecular complexity index is 404. The van der Waals surface area contributed by atoms with Gasteiger partial charge in [-0.2, -0.15) is 0 Å². The van der Waals surface area contributed by atoms with Gasteiger partial charge in [-0.1, -0.05) is 0 Å². The van der Waals surface area contributed by atoms with Crippen LogP contribution in [0, 0.1) is 0 Å². The van der Waals surface area contributed by atoms with Gasteiger partial charge >= 0.3 is 0 Å². The van der Waals surface area contributed by atoms with Crippen LogP contribution < -0.4 is 19.9 Å². The van der Waals surface area contributed by atoms with Gasteiger partial charge in [-0.05, 0) is 13.0 Å². The second-order valence-corrected chi connectivity index (χ2v) is 4.26. The van der Waals surface area contributed by atoms with Gasteiger partial charge in [0.1, 0.15) is 5.75 Å². The number of rotatable bonds is 6. The number of methoxy groups -OCH3 is 4. The largest absolute Gasteiger partial charge is 0.496 e. The average Bonchev–Trinajstić information content (AvgIpc) is 2.36. The van der Waals surface area contributed by atoms with Crippen molar-refractivity contribution in [2.45, 2.75) is 12.5 Å². The van der Waals surface area contributed by atoms with Crippen LogP contribution in [0.25, 0.3) is 0 Å². The summed E-state index contributed by atoms with van der Waals surface area (Å²) in [6.07, 6.45) is 0. The van der Waals surface area contributed by atoms with Gasteiger partial charge in [0.15, 0.2) is 11.5 Å². The minimum absolute atomic E-state index is 0.374. The molecule has 0 fully saturated rings. The molecule has 0 aliphatic rings. The predicted molar refractivity (Wildman–Crippen MR) is 69.5 cm³/mol. The number of hydrogen-bond donors (Lipinski definition) is 1. The van der Waals surface area contributed by atoms with Crippen LogP contribution in [0.3, 0.4) is 0 Å². The lowest BCUT2D eigenvalue weighted by Crippen LogP contribution is -2.38. The van der Waals surface area contributed by atoms with Crippen molar-refractivity contribution in [1.29, 1.82) is 0 Å². The quantitative estimate of drug-likeness (QED) is 0.835. The molecule has 102 valence electrons. The van der Waals surface area contributed by atoms with Gasteiger partial charge in [-0.3, -0.25) is 0 Å². The highest BCUT2D eigenvalue weighted by atomic mass is 16.5. The van der Waals surface area contributed by atoms with Gasteiger partial charge in [0.2, 0.25) is 0 Å². The predicted octanol–water partition coefficient (Wildman–Crippen LogP) is 1.53. The molecule has 0 saturated carbocycles. The van der Waals surface area contributed by atoms with Crippen LogP contribution in [-0.4, -0.2) is 35.0 Å². The monoisotopic (exact) mass is 255 g/mol. The van der Waals surface area contributed by atoms with E-state index in [-0.39, 0.29) is 0 Å². The molecule has 1 atom stereocenters. The van der Waals surface area contributed by atoms with Gasteiger partial charge in [-0.15, -0.1) is 0 Å². The van der Waals surface area contributed by atoms with E-state index in [1.54, 1.807) is 34.5 Å². The maximum Gasteiger partial charge on any atom is 0.164 e. The first kappa shape index (κ1) is 14.6. The molecule has 0 bridgehead atoms. The molecule has 0 saturated heterocycles. The minimum Gasteiger partial charge on any atom is -0.496 e. The van der Waals surface area contributed by atoms with E-state index < -0.39 is 5.54 Å². The fourth-order valence-corrected chi connectivity index (χ4v) is 1.85. The molecule has 0 heterocycles. The molecule has 5 nitrogen and oxygen atoms in total. The molecule has 0 amide bonds.